The minimum Gasteiger partial charge on any atom is -0.387 e. The van der Waals surface area contributed by atoms with E-state index in [9.17, 15) is 5.11 Å². The lowest BCUT2D eigenvalue weighted by atomic mass is 9.48. The van der Waals surface area contributed by atoms with Crippen LogP contribution in [0.25, 0.3) is 0 Å². The Morgan fingerprint density at radius 3 is 2.73 bits per heavy atom. The van der Waals surface area contributed by atoms with Crippen LogP contribution in [0.2, 0.25) is 0 Å². The van der Waals surface area contributed by atoms with Crippen molar-refractivity contribution >= 4 is 0 Å². The number of allylic oxidation sites excluding steroid dienone is 1. The summed E-state index contributed by atoms with van der Waals surface area (Å²) in [5.74, 6) is 4.83. The van der Waals surface area contributed by atoms with Crippen molar-refractivity contribution in [2.45, 2.75) is 76.9 Å². The highest BCUT2D eigenvalue weighted by molar-refractivity contribution is 5.16. The van der Waals surface area contributed by atoms with Crippen LogP contribution in [-0.2, 0) is 11.3 Å². The number of fused-ring (bicyclic) bond motifs is 5. The Labute approximate surface area is 182 Å². The van der Waals surface area contributed by atoms with Gasteiger partial charge in [0.2, 0.25) is 0 Å². The topological polar surface area (TPSA) is 47.3 Å². The summed E-state index contributed by atoms with van der Waals surface area (Å²) in [4.78, 5) is 4.21. The molecular weight excluding hydrogens is 372 g/mol. The SMILES string of the molecule is C=C(Cn1ccnc1)[C@H]1CC[C@H]2[C@@H]3CC[C@@H]4C[C@@](O)(COC)CC[C@@H]4[C@H]3CC[C@]12C. The minimum atomic E-state index is -0.574. The Morgan fingerprint density at radius 2 is 1.97 bits per heavy atom. The number of rotatable bonds is 5. The Balaban J connectivity index is 1.29. The van der Waals surface area contributed by atoms with Crippen LogP contribution in [-0.4, -0.2) is 34.0 Å². The molecule has 4 heteroatoms. The molecular formula is C26H40N2O2. The van der Waals surface area contributed by atoms with E-state index >= 15 is 0 Å². The summed E-state index contributed by atoms with van der Waals surface area (Å²) in [6.07, 6.45) is 17.1. The highest BCUT2D eigenvalue weighted by Gasteiger charge is 2.58. The normalized spacial score (nSPS) is 45.4. The summed E-state index contributed by atoms with van der Waals surface area (Å²) < 4.78 is 7.53. The third-order valence-electron chi connectivity index (χ3n) is 9.95. The molecule has 0 saturated heterocycles. The summed E-state index contributed by atoms with van der Waals surface area (Å²) in [6, 6.07) is 0. The largest absolute Gasteiger partial charge is 0.387 e. The molecule has 0 radical (unpaired) electrons. The molecule has 5 rings (SSSR count). The second-order valence-corrected chi connectivity index (χ2v) is 11.4. The second-order valence-electron chi connectivity index (χ2n) is 11.4. The Kier molecular flexibility index (Phi) is 5.38. The summed E-state index contributed by atoms with van der Waals surface area (Å²) in [5.41, 5.74) is 1.26. The van der Waals surface area contributed by atoms with Gasteiger partial charge in [0.05, 0.1) is 18.5 Å². The molecule has 1 aromatic rings. The number of imidazole rings is 1. The minimum absolute atomic E-state index is 0.428. The molecule has 4 fully saturated rings. The predicted octanol–water partition coefficient (Wildman–Crippen LogP) is 5.09. The van der Waals surface area contributed by atoms with Crippen molar-refractivity contribution in [3.8, 4) is 0 Å². The Morgan fingerprint density at radius 1 is 1.13 bits per heavy atom. The number of hydrogen-bond acceptors (Lipinski definition) is 3. The Hall–Kier alpha value is -1.13. The molecule has 0 amide bonds. The molecule has 0 unspecified atom stereocenters. The van der Waals surface area contributed by atoms with Gasteiger partial charge in [0, 0.05) is 26.0 Å². The molecule has 4 nitrogen and oxygen atoms in total. The fraction of sp³-hybridized carbons (Fsp3) is 0.808. The van der Waals surface area contributed by atoms with Crippen LogP contribution in [0, 0.1) is 40.9 Å². The lowest BCUT2D eigenvalue weighted by Crippen LogP contribution is -2.52. The number of hydrogen-bond donors (Lipinski definition) is 1. The lowest BCUT2D eigenvalue weighted by molar-refractivity contribution is -0.123. The van der Waals surface area contributed by atoms with E-state index in [2.05, 4.69) is 29.3 Å². The predicted molar refractivity (Wildman–Crippen MR) is 119 cm³/mol. The lowest BCUT2D eigenvalue weighted by Gasteiger charge is -2.57. The van der Waals surface area contributed by atoms with Crippen molar-refractivity contribution in [2.24, 2.45) is 40.9 Å². The quantitative estimate of drug-likeness (QED) is 0.686. The molecule has 4 aliphatic carbocycles. The van der Waals surface area contributed by atoms with Gasteiger partial charge in [-0.3, -0.25) is 0 Å². The number of ether oxygens (including phenoxy) is 1. The molecule has 0 spiro atoms. The maximum atomic E-state index is 11.0. The number of aliphatic hydroxyl groups is 1. The zero-order chi connectivity index (χ0) is 20.9. The van der Waals surface area contributed by atoms with Gasteiger partial charge in [-0.25, -0.2) is 4.98 Å². The van der Waals surface area contributed by atoms with Crippen molar-refractivity contribution in [1.29, 1.82) is 0 Å². The van der Waals surface area contributed by atoms with E-state index < -0.39 is 5.60 Å². The van der Waals surface area contributed by atoms with Crippen LogP contribution in [0.3, 0.4) is 0 Å². The molecule has 1 heterocycles. The van der Waals surface area contributed by atoms with Gasteiger partial charge in [-0.2, -0.15) is 0 Å². The van der Waals surface area contributed by atoms with Gasteiger partial charge < -0.3 is 14.4 Å². The first kappa shape index (κ1) is 20.8. The zero-order valence-electron chi connectivity index (χ0n) is 18.9. The molecule has 1 aromatic heterocycles. The van der Waals surface area contributed by atoms with E-state index in [-0.39, 0.29) is 0 Å². The van der Waals surface area contributed by atoms with Gasteiger partial charge in [0.25, 0.3) is 0 Å². The molecule has 4 aliphatic rings. The molecule has 4 saturated carbocycles. The molecule has 1 N–H and O–H groups in total. The smallest absolute Gasteiger partial charge is 0.0948 e. The Bertz CT molecular complexity index is 761. The fourth-order valence-corrected chi connectivity index (χ4v) is 8.76. The van der Waals surface area contributed by atoms with Gasteiger partial charge >= 0.3 is 0 Å². The number of methoxy groups -OCH3 is 1. The van der Waals surface area contributed by atoms with E-state index in [1.54, 1.807) is 7.11 Å². The van der Waals surface area contributed by atoms with Gasteiger partial charge in [-0.1, -0.05) is 19.1 Å². The van der Waals surface area contributed by atoms with Crippen molar-refractivity contribution < 1.29 is 9.84 Å². The maximum absolute atomic E-state index is 11.0. The van der Waals surface area contributed by atoms with Crippen molar-refractivity contribution in [3.63, 3.8) is 0 Å². The van der Waals surface area contributed by atoms with Gasteiger partial charge in [0.15, 0.2) is 0 Å². The van der Waals surface area contributed by atoms with Crippen LogP contribution in [0.15, 0.2) is 30.9 Å². The summed E-state index contributed by atoms with van der Waals surface area (Å²) >= 11 is 0. The maximum Gasteiger partial charge on any atom is 0.0948 e. The molecule has 0 bridgehead atoms. The third-order valence-corrected chi connectivity index (χ3v) is 9.95. The first-order chi connectivity index (χ1) is 14.4. The van der Waals surface area contributed by atoms with E-state index in [0.29, 0.717) is 23.9 Å². The summed E-state index contributed by atoms with van der Waals surface area (Å²) in [5, 5.41) is 11.0. The first-order valence-electron chi connectivity index (χ1n) is 12.3. The third kappa shape index (κ3) is 3.39. The molecule has 166 valence electrons. The van der Waals surface area contributed by atoms with Crippen LogP contribution < -0.4 is 0 Å². The van der Waals surface area contributed by atoms with E-state index in [4.69, 9.17) is 4.74 Å². The average Bonchev–Trinajstić information content (AvgIpc) is 3.34. The van der Waals surface area contributed by atoms with E-state index in [1.807, 2.05) is 12.5 Å². The summed E-state index contributed by atoms with van der Waals surface area (Å²) in [7, 11) is 1.72. The van der Waals surface area contributed by atoms with Crippen LogP contribution in [0.4, 0.5) is 0 Å². The second kappa shape index (κ2) is 7.78. The highest BCUT2D eigenvalue weighted by atomic mass is 16.5. The van der Waals surface area contributed by atoms with Gasteiger partial charge in [-0.05, 0) is 98.7 Å². The standard InChI is InChI=1S/C26H40N2O2/c1-18(15-28-13-12-27-17-28)23-6-7-24-22-5-4-19-14-26(29,16-30-3)11-9-20(19)21(22)8-10-25(23,24)2/h12-13,17,19-24,29H,1,4-11,14-16H2,2-3H3/t19-,20+,21-,22-,23-,24+,25-,26-/m1/s1. The van der Waals surface area contributed by atoms with E-state index in [0.717, 1.165) is 43.1 Å². The summed E-state index contributed by atoms with van der Waals surface area (Å²) in [6.45, 7) is 8.58. The number of nitrogens with zero attached hydrogens (tertiary/aromatic N) is 2. The van der Waals surface area contributed by atoms with Gasteiger partial charge in [0.1, 0.15) is 0 Å². The molecule has 0 aliphatic heterocycles. The monoisotopic (exact) mass is 412 g/mol. The van der Waals surface area contributed by atoms with Crippen LogP contribution >= 0.6 is 0 Å². The molecule has 8 atom stereocenters. The molecule has 30 heavy (non-hydrogen) atoms. The van der Waals surface area contributed by atoms with Crippen molar-refractivity contribution in [1.82, 2.24) is 9.55 Å². The number of aromatic nitrogens is 2. The van der Waals surface area contributed by atoms with E-state index in [1.165, 1.54) is 50.5 Å². The first-order valence-corrected chi connectivity index (χ1v) is 12.3. The van der Waals surface area contributed by atoms with Gasteiger partial charge in [-0.15, -0.1) is 0 Å². The van der Waals surface area contributed by atoms with Crippen molar-refractivity contribution in [3.05, 3.63) is 30.9 Å². The fourth-order valence-electron chi connectivity index (χ4n) is 8.76. The average molecular weight is 413 g/mol. The molecule has 0 aromatic carbocycles. The van der Waals surface area contributed by atoms with Crippen LogP contribution in [0.1, 0.15) is 64.7 Å². The van der Waals surface area contributed by atoms with Crippen molar-refractivity contribution in [2.75, 3.05) is 13.7 Å². The van der Waals surface area contributed by atoms with Crippen LogP contribution in [0.5, 0.6) is 0 Å². The zero-order valence-corrected chi connectivity index (χ0v) is 18.9. The highest BCUT2D eigenvalue weighted by Crippen LogP contribution is 2.65.